The summed E-state index contributed by atoms with van der Waals surface area (Å²) in [7, 11) is 0. The Balaban J connectivity index is 1.56. The molecule has 3 rings (SSSR count). The molecule has 0 aliphatic rings. The number of amides is 1. The van der Waals surface area contributed by atoms with Crippen molar-refractivity contribution in [1.29, 1.82) is 0 Å². The number of benzene rings is 2. The summed E-state index contributed by atoms with van der Waals surface area (Å²) in [4.78, 5) is 23.7. The Bertz CT molecular complexity index is 931. The van der Waals surface area contributed by atoms with Gasteiger partial charge in [-0.2, -0.15) is 0 Å². The number of phenolic OH excluding ortho intramolecular Hbond substituents is 1. The molecule has 0 saturated carbocycles. The predicted octanol–water partition coefficient (Wildman–Crippen LogP) is 3.15. The van der Waals surface area contributed by atoms with Crippen molar-refractivity contribution in [1.82, 2.24) is 5.16 Å². The Morgan fingerprint density at radius 3 is 2.62 bits per heavy atom. The van der Waals surface area contributed by atoms with Crippen LogP contribution in [0.25, 0.3) is 11.3 Å². The van der Waals surface area contributed by atoms with Crippen LogP contribution in [0.3, 0.4) is 0 Å². The zero-order chi connectivity index (χ0) is 18.5. The normalized spacial score (nSPS) is 10.3. The molecular formula is C19H16N2O5. The van der Waals surface area contributed by atoms with Crippen molar-refractivity contribution < 1.29 is 24.0 Å². The van der Waals surface area contributed by atoms with Crippen LogP contribution in [-0.4, -0.2) is 28.7 Å². The summed E-state index contributed by atoms with van der Waals surface area (Å²) in [5.74, 6) is -1.45. The molecule has 0 saturated heterocycles. The summed E-state index contributed by atoms with van der Waals surface area (Å²) in [5.41, 5.74) is 2.54. The first-order valence-electron chi connectivity index (χ1n) is 7.81. The fraction of sp³-hybridized carbons (Fsp3) is 0.105. The van der Waals surface area contributed by atoms with E-state index in [1.54, 1.807) is 18.2 Å². The van der Waals surface area contributed by atoms with Crippen molar-refractivity contribution in [3.8, 4) is 17.0 Å². The number of hydrogen-bond donors (Lipinski definition) is 2. The van der Waals surface area contributed by atoms with Crippen LogP contribution in [0.1, 0.15) is 15.9 Å². The van der Waals surface area contributed by atoms with E-state index in [2.05, 4.69) is 10.5 Å². The number of nitrogens with one attached hydrogen (secondary N) is 1. The van der Waals surface area contributed by atoms with Crippen molar-refractivity contribution in [2.75, 3.05) is 11.9 Å². The van der Waals surface area contributed by atoms with Gasteiger partial charge in [-0.3, -0.25) is 10.1 Å². The number of para-hydroxylation sites is 1. The molecule has 0 fully saturated rings. The molecule has 132 valence electrons. The fourth-order valence-electron chi connectivity index (χ4n) is 2.22. The van der Waals surface area contributed by atoms with Gasteiger partial charge >= 0.3 is 5.97 Å². The van der Waals surface area contributed by atoms with E-state index >= 15 is 0 Å². The Morgan fingerprint density at radius 2 is 1.88 bits per heavy atom. The zero-order valence-corrected chi connectivity index (χ0v) is 13.9. The van der Waals surface area contributed by atoms with Crippen LogP contribution in [0.15, 0.2) is 59.1 Å². The fourth-order valence-corrected chi connectivity index (χ4v) is 2.22. The van der Waals surface area contributed by atoms with Crippen molar-refractivity contribution in [3.63, 3.8) is 0 Å². The lowest BCUT2D eigenvalue weighted by atomic mass is 10.1. The molecular weight excluding hydrogens is 336 g/mol. The second-order valence-electron chi connectivity index (χ2n) is 5.58. The van der Waals surface area contributed by atoms with E-state index < -0.39 is 18.5 Å². The summed E-state index contributed by atoms with van der Waals surface area (Å²) < 4.78 is 9.94. The topological polar surface area (TPSA) is 102 Å². The van der Waals surface area contributed by atoms with Gasteiger partial charge in [0.2, 0.25) is 5.88 Å². The highest BCUT2D eigenvalue weighted by atomic mass is 16.5. The number of aromatic nitrogens is 1. The van der Waals surface area contributed by atoms with E-state index in [-0.39, 0.29) is 17.2 Å². The lowest BCUT2D eigenvalue weighted by Gasteiger charge is -2.05. The highest BCUT2D eigenvalue weighted by molar-refractivity contribution is 5.96. The minimum absolute atomic E-state index is 0.0124. The van der Waals surface area contributed by atoms with Gasteiger partial charge in [0, 0.05) is 11.6 Å². The first kappa shape index (κ1) is 17.2. The van der Waals surface area contributed by atoms with Crippen molar-refractivity contribution >= 4 is 17.8 Å². The van der Waals surface area contributed by atoms with Gasteiger partial charge in [0.15, 0.2) is 6.61 Å². The maximum Gasteiger partial charge on any atom is 0.342 e. The van der Waals surface area contributed by atoms with Gasteiger partial charge in [-0.1, -0.05) is 47.1 Å². The molecule has 1 amide bonds. The Morgan fingerprint density at radius 1 is 1.15 bits per heavy atom. The molecule has 0 unspecified atom stereocenters. The van der Waals surface area contributed by atoms with Crippen LogP contribution in [-0.2, 0) is 9.53 Å². The van der Waals surface area contributed by atoms with Crippen LogP contribution in [0.2, 0.25) is 0 Å². The monoisotopic (exact) mass is 352 g/mol. The SMILES string of the molecule is Cc1ccc(-c2cc(NC(=O)COC(=O)c3ccccc3O)on2)cc1. The number of nitrogens with zero attached hydrogens (tertiary/aromatic N) is 1. The van der Waals surface area contributed by atoms with E-state index in [4.69, 9.17) is 9.26 Å². The molecule has 0 atom stereocenters. The molecule has 7 nitrogen and oxygen atoms in total. The van der Waals surface area contributed by atoms with Crippen LogP contribution in [0, 0.1) is 6.92 Å². The van der Waals surface area contributed by atoms with Crippen LogP contribution in [0.5, 0.6) is 5.75 Å². The minimum atomic E-state index is -0.795. The van der Waals surface area contributed by atoms with E-state index in [0.29, 0.717) is 5.69 Å². The third-order valence-corrected chi connectivity index (χ3v) is 3.58. The molecule has 1 aromatic heterocycles. The largest absolute Gasteiger partial charge is 0.507 e. The Hall–Kier alpha value is -3.61. The summed E-state index contributed by atoms with van der Waals surface area (Å²) in [6.45, 7) is 1.46. The number of ether oxygens (including phenoxy) is 1. The van der Waals surface area contributed by atoms with Crippen LogP contribution in [0.4, 0.5) is 5.88 Å². The predicted molar refractivity (Wildman–Crippen MR) is 93.7 cm³/mol. The lowest BCUT2D eigenvalue weighted by molar-refractivity contribution is -0.119. The summed E-state index contributed by atoms with van der Waals surface area (Å²) in [5, 5.41) is 15.9. The highest BCUT2D eigenvalue weighted by Gasteiger charge is 2.15. The number of rotatable bonds is 5. The smallest absolute Gasteiger partial charge is 0.342 e. The van der Waals surface area contributed by atoms with Crippen molar-refractivity contribution in [2.45, 2.75) is 6.92 Å². The van der Waals surface area contributed by atoms with E-state index in [9.17, 15) is 14.7 Å². The maximum absolute atomic E-state index is 11.9. The second kappa shape index (κ2) is 7.52. The Labute approximate surface area is 149 Å². The number of anilines is 1. The molecule has 2 N–H and O–H groups in total. The molecule has 2 aromatic carbocycles. The number of hydrogen-bond acceptors (Lipinski definition) is 6. The number of carbonyl (C=O) groups excluding carboxylic acids is 2. The third-order valence-electron chi connectivity index (χ3n) is 3.58. The number of aromatic hydroxyl groups is 1. The van der Waals surface area contributed by atoms with E-state index in [1.165, 1.54) is 12.1 Å². The molecule has 0 bridgehead atoms. The van der Waals surface area contributed by atoms with Crippen LogP contribution < -0.4 is 5.32 Å². The number of carbonyl (C=O) groups is 2. The highest BCUT2D eigenvalue weighted by Crippen LogP contribution is 2.22. The summed E-state index contributed by atoms with van der Waals surface area (Å²) in [6.07, 6.45) is 0. The van der Waals surface area contributed by atoms with E-state index in [1.807, 2.05) is 31.2 Å². The molecule has 0 spiro atoms. The standard InChI is InChI=1S/C19H16N2O5/c1-12-6-8-13(9-7-12)15-10-18(26-21-15)20-17(23)11-25-19(24)14-4-2-3-5-16(14)22/h2-10,22H,11H2,1H3,(H,20,23). The molecule has 26 heavy (non-hydrogen) atoms. The van der Waals surface area contributed by atoms with Crippen molar-refractivity contribution in [3.05, 3.63) is 65.7 Å². The quantitative estimate of drug-likeness (QED) is 0.684. The molecule has 0 radical (unpaired) electrons. The maximum atomic E-state index is 11.9. The van der Waals surface area contributed by atoms with Gasteiger partial charge in [0.1, 0.15) is 17.0 Å². The minimum Gasteiger partial charge on any atom is -0.507 e. The van der Waals surface area contributed by atoms with Gasteiger partial charge in [-0.25, -0.2) is 4.79 Å². The van der Waals surface area contributed by atoms with Gasteiger partial charge in [-0.15, -0.1) is 0 Å². The third kappa shape index (κ3) is 4.07. The lowest BCUT2D eigenvalue weighted by Crippen LogP contribution is -2.20. The molecule has 0 aliphatic carbocycles. The first-order valence-corrected chi connectivity index (χ1v) is 7.81. The first-order chi connectivity index (χ1) is 12.5. The Kier molecular flexibility index (Phi) is 4.98. The molecule has 1 heterocycles. The van der Waals surface area contributed by atoms with Crippen LogP contribution >= 0.6 is 0 Å². The van der Waals surface area contributed by atoms with Gasteiger partial charge in [-0.05, 0) is 19.1 Å². The number of esters is 1. The zero-order valence-electron chi connectivity index (χ0n) is 13.9. The average molecular weight is 352 g/mol. The summed E-state index contributed by atoms with van der Waals surface area (Å²) >= 11 is 0. The van der Waals surface area contributed by atoms with E-state index in [0.717, 1.165) is 11.1 Å². The summed E-state index contributed by atoms with van der Waals surface area (Å²) in [6, 6.07) is 15.2. The van der Waals surface area contributed by atoms with Gasteiger partial charge < -0.3 is 14.4 Å². The van der Waals surface area contributed by atoms with Gasteiger partial charge in [0.05, 0.1) is 0 Å². The molecule has 7 heteroatoms. The molecule has 0 aliphatic heterocycles. The number of aryl methyl sites for hydroxylation is 1. The van der Waals surface area contributed by atoms with Gasteiger partial charge in [0.25, 0.3) is 5.91 Å². The number of phenols is 1. The second-order valence-corrected chi connectivity index (χ2v) is 5.58. The average Bonchev–Trinajstić information content (AvgIpc) is 3.09. The molecule has 3 aromatic rings. The van der Waals surface area contributed by atoms with Crippen molar-refractivity contribution in [2.24, 2.45) is 0 Å².